The van der Waals surface area contributed by atoms with Crippen LogP contribution < -0.4 is 4.90 Å². The standard InChI is InChI=1S/C13H15F3N2/c1-9(2)18(8-13(14,15)16)12-5-4-11(7-17)6-10(12)3/h4-6,9H,8H2,1-3H3. The molecule has 0 saturated carbocycles. The lowest BCUT2D eigenvalue weighted by Gasteiger charge is -2.31. The van der Waals surface area contributed by atoms with Gasteiger partial charge >= 0.3 is 6.18 Å². The molecule has 0 atom stereocenters. The Kier molecular flexibility index (Phi) is 4.23. The molecule has 5 heteroatoms. The Morgan fingerprint density at radius 2 is 1.94 bits per heavy atom. The van der Waals surface area contributed by atoms with Crippen LogP contribution in [0, 0.1) is 18.3 Å². The summed E-state index contributed by atoms with van der Waals surface area (Å²) in [5.74, 6) is 0. The maximum atomic E-state index is 12.5. The largest absolute Gasteiger partial charge is 0.405 e. The van der Waals surface area contributed by atoms with E-state index in [2.05, 4.69) is 0 Å². The summed E-state index contributed by atoms with van der Waals surface area (Å²) in [6, 6.07) is 6.41. The Labute approximate surface area is 105 Å². The molecule has 1 rings (SSSR count). The predicted octanol–water partition coefficient (Wildman–Crippen LogP) is 3.64. The van der Waals surface area contributed by atoms with E-state index in [1.807, 2.05) is 6.07 Å². The van der Waals surface area contributed by atoms with Gasteiger partial charge in [0.25, 0.3) is 0 Å². The molecule has 1 aromatic rings. The van der Waals surface area contributed by atoms with Crippen LogP contribution in [0.2, 0.25) is 0 Å². The van der Waals surface area contributed by atoms with Crippen LogP contribution in [0.1, 0.15) is 25.0 Å². The molecule has 0 spiro atoms. The minimum Gasteiger partial charge on any atom is -0.360 e. The Morgan fingerprint density at radius 3 is 2.33 bits per heavy atom. The van der Waals surface area contributed by atoms with Crippen LogP contribution in [0.4, 0.5) is 18.9 Å². The average molecular weight is 256 g/mol. The highest BCUT2D eigenvalue weighted by atomic mass is 19.4. The summed E-state index contributed by atoms with van der Waals surface area (Å²) in [6.07, 6.45) is -4.25. The smallest absolute Gasteiger partial charge is 0.360 e. The highest BCUT2D eigenvalue weighted by Crippen LogP contribution is 2.27. The number of alkyl halides is 3. The first-order valence-corrected chi connectivity index (χ1v) is 5.58. The van der Waals surface area contributed by atoms with E-state index in [4.69, 9.17) is 5.26 Å². The van der Waals surface area contributed by atoms with E-state index in [0.717, 1.165) is 0 Å². The van der Waals surface area contributed by atoms with Crippen molar-refractivity contribution in [1.82, 2.24) is 0 Å². The zero-order chi connectivity index (χ0) is 13.9. The molecule has 0 heterocycles. The summed E-state index contributed by atoms with van der Waals surface area (Å²) in [4.78, 5) is 1.29. The van der Waals surface area contributed by atoms with Crippen LogP contribution in [0.3, 0.4) is 0 Å². The van der Waals surface area contributed by atoms with Gasteiger partial charge in [-0.2, -0.15) is 18.4 Å². The number of hydrogen-bond donors (Lipinski definition) is 0. The van der Waals surface area contributed by atoms with E-state index in [1.165, 1.54) is 11.0 Å². The van der Waals surface area contributed by atoms with Crippen molar-refractivity contribution in [3.05, 3.63) is 29.3 Å². The van der Waals surface area contributed by atoms with E-state index in [1.54, 1.807) is 32.9 Å². The fourth-order valence-corrected chi connectivity index (χ4v) is 1.79. The van der Waals surface area contributed by atoms with Crippen LogP contribution >= 0.6 is 0 Å². The number of aryl methyl sites for hydroxylation is 1. The molecule has 0 saturated heterocycles. The van der Waals surface area contributed by atoms with Crippen LogP contribution in [0.15, 0.2) is 18.2 Å². The second-order valence-corrected chi connectivity index (χ2v) is 4.45. The maximum absolute atomic E-state index is 12.5. The van der Waals surface area contributed by atoms with Gasteiger partial charge in [0, 0.05) is 11.7 Å². The van der Waals surface area contributed by atoms with Gasteiger partial charge in [0.1, 0.15) is 6.54 Å². The number of halogens is 3. The molecule has 0 aliphatic heterocycles. The molecule has 0 N–H and O–H groups in total. The third kappa shape index (κ3) is 3.66. The van der Waals surface area contributed by atoms with Gasteiger partial charge in [-0.05, 0) is 44.5 Å². The first-order chi connectivity index (χ1) is 8.24. The van der Waals surface area contributed by atoms with Gasteiger partial charge in [-0.15, -0.1) is 0 Å². The van der Waals surface area contributed by atoms with E-state index in [9.17, 15) is 13.2 Å². The topological polar surface area (TPSA) is 27.0 Å². The monoisotopic (exact) mass is 256 g/mol. The van der Waals surface area contributed by atoms with Gasteiger partial charge < -0.3 is 4.90 Å². The van der Waals surface area contributed by atoms with Crippen molar-refractivity contribution < 1.29 is 13.2 Å². The molecule has 0 aliphatic rings. The third-order valence-electron chi connectivity index (χ3n) is 2.61. The lowest BCUT2D eigenvalue weighted by atomic mass is 10.1. The summed E-state index contributed by atoms with van der Waals surface area (Å²) in [6.45, 7) is 4.14. The molecule has 0 radical (unpaired) electrons. The van der Waals surface area contributed by atoms with Crippen LogP contribution in [0.25, 0.3) is 0 Å². The molecule has 0 bridgehead atoms. The number of rotatable bonds is 3. The van der Waals surface area contributed by atoms with E-state index in [0.29, 0.717) is 16.8 Å². The summed E-state index contributed by atoms with van der Waals surface area (Å²) >= 11 is 0. The van der Waals surface area contributed by atoms with Gasteiger partial charge in [-0.3, -0.25) is 0 Å². The second-order valence-electron chi connectivity index (χ2n) is 4.45. The summed E-state index contributed by atoms with van der Waals surface area (Å²) in [5, 5.41) is 8.74. The summed E-state index contributed by atoms with van der Waals surface area (Å²) < 4.78 is 37.6. The Morgan fingerprint density at radius 1 is 1.33 bits per heavy atom. The fraction of sp³-hybridized carbons (Fsp3) is 0.462. The molecule has 0 aliphatic carbocycles. The maximum Gasteiger partial charge on any atom is 0.405 e. The van der Waals surface area contributed by atoms with Crippen molar-refractivity contribution in [1.29, 1.82) is 5.26 Å². The van der Waals surface area contributed by atoms with Crippen molar-refractivity contribution >= 4 is 5.69 Å². The number of nitriles is 1. The molecular weight excluding hydrogens is 241 g/mol. The van der Waals surface area contributed by atoms with Gasteiger partial charge in [0.05, 0.1) is 11.6 Å². The average Bonchev–Trinajstić information content (AvgIpc) is 2.24. The fourth-order valence-electron chi connectivity index (χ4n) is 1.79. The van der Waals surface area contributed by atoms with Gasteiger partial charge in [0.2, 0.25) is 0 Å². The Bertz CT molecular complexity index is 458. The highest BCUT2D eigenvalue weighted by molar-refractivity contribution is 5.56. The minimum atomic E-state index is -4.25. The van der Waals surface area contributed by atoms with Crippen molar-refractivity contribution in [3.8, 4) is 6.07 Å². The molecule has 18 heavy (non-hydrogen) atoms. The lowest BCUT2D eigenvalue weighted by Crippen LogP contribution is -2.39. The van der Waals surface area contributed by atoms with Crippen molar-refractivity contribution in [3.63, 3.8) is 0 Å². The van der Waals surface area contributed by atoms with Gasteiger partial charge in [-0.1, -0.05) is 0 Å². The molecule has 1 aromatic carbocycles. The van der Waals surface area contributed by atoms with Gasteiger partial charge in [-0.25, -0.2) is 0 Å². The molecule has 0 amide bonds. The van der Waals surface area contributed by atoms with E-state index >= 15 is 0 Å². The SMILES string of the molecule is Cc1cc(C#N)ccc1N(CC(F)(F)F)C(C)C. The van der Waals surface area contributed by atoms with Crippen LogP contribution in [-0.4, -0.2) is 18.8 Å². The first-order valence-electron chi connectivity index (χ1n) is 5.58. The summed E-state index contributed by atoms with van der Waals surface area (Å²) in [7, 11) is 0. The summed E-state index contributed by atoms with van der Waals surface area (Å²) in [5.41, 5.74) is 1.64. The second kappa shape index (κ2) is 5.30. The minimum absolute atomic E-state index is 0.265. The molecule has 0 unspecified atom stereocenters. The third-order valence-corrected chi connectivity index (χ3v) is 2.61. The predicted molar refractivity (Wildman–Crippen MR) is 64.4 cm³/mol. The molecule has 0 fully saturated rings. The number of hydrogen-bond acceptors (Lipinski definition) is 2. The van der Waals surface area contributed by atoms with Crippen molar-refractivity contribution in [2.24, 2.45) is 0 Å². The quantitative estimate of drug-likeness (QED) is 0.825. The lowest BCUT2D eigenvalue weighted by molar-refractivity contribution is -0.120. The number of anilines is 1. The molecule has 2 nitrogen and oxygen atoms in total. The number of benzene rings is 1. The highest BCUT2D eigenvalue weighted by Gasteiger charge is 2.32. The zero-order valence-corrected chi connectivity index (χ0v) is 10.5. The van der Waals surface area contributed by atoms with Crippen LogP contribution in [-0.2, 0) is 0 Å². The normalized spacial score (nSPS) is 11.4. The molecule has 0 aromatic heterocycles. The first kappa shape index (κ1) is 14.4. The van der Waals surface area contributed by atoms with Gasteiger partial charge in [0.15, 0.2) is 0 Å². The van der Waals surface area contributed by atoms with Crippen molar-refractivity contribution in [2.75, 3.05) is 11.4 Å². The zero-order valence-electron chi connectivity index (χ0n) is 10.5. The Balaban J connectivity index is 3.11. The van der Waals surface area contributed by atoms with Crippen molar-refractivity contribution in [2.45, 2.75) is 33.0 Å². The molecular formula is C13H15F3N2. The van der Waals surface area contributed by atoms with E-state index in [-0.39, 0.29) is 6.04 Å². The Hall–Kier alpha value is -1.70. The number of nitrogens with zero attached hydrogens (tertiary/aromatic N) is 2. The molecule has 98 valence electrons. The van der Waals surface area contributed by atoms with Crippen LogP contribution in [0.5, 0.6) is 0 Å². The van der Waals surface area contributed by atoms with E-state index < -0.39 is 12.7 Å².